The Hall–Kier alpha value is -3.27. The van der Waals surface area contributed by atoms with Crippen molar-refractivity contribution in [3.63, 3.8) is 0 Å². The van der Waals surface area contributed by atoms with Crippen molar-refractivity contribution in [3.05, 3.63) is 95.1 Å². The van der Waals surface area contributed by atoms with Gasteiger partial charge in [0.25, 0.3) is 0 Å². The molecule has 3 aromatic carbocycles. The zero-order valence-electron chi connectivity index (χ0n) is 21.0. The quantitative estimate of drug-likeness (QED) is 0.283. The van der Waals surface area contributed by atoms with Crippen LogP contribution in [0.3, 0.4) is 0 Å². The minimum Gasteiger partial charge on any atom is -0.494 e. The number of para-hydroxylation sites is 1. The van der Waals surface area contributed by atoms with Gasteiger partial charge in [-0.1, -0.05) is 87.1 Å². The Morgan fingerprint density at radius 2 is 1.63 bits per heavy atom. The van der Waals surface area contributed by atoms with Crippen LogP contribution in [0.25, 0.3) is 0 Å². The first-order chi connectivity index (χ1) is 17.2. The number of rotatable bonds is 10. The van der Waals surface area contributed by atoms with E-state index in [0.29, 0.717) is 0 Å². The first kappa shape index (κ1) is 23.5. The Kier molecular flexibility index (Phi) is 7.37. The molecule has 0 saturated carbocycles. The number of fused-ring (bicyclic) bond motifs is 3. The van der Waals surface area contributed by atoms with Gasteiger partial charge in [0.05, 0.1) is 18.4 Å². The van der Waals surface area contributed by atoms with Gasteiger partial charge in [-0.2, -0.15) is 5.10 Å². The van der Waals surface area contributed by atoms with Crippen molar-refractivity contribution in [2.24, 2.45) is 5.10 Å². The van der Waals surface area contributed by atoms with E-state index in [4.69, 9.17) is 14.6 Å². The standard InChI is InChI=1S/C31H36N2O2/c1-3-4-5-6-7-10-21-34-26-19-17-25(18-20-26)31-33-29(27-11-8-9-12-30(27)35-31)22-28(32-33)24-15-13-23(2)14-16-24/h8-9,11-20,29,31H,3-7,10,21-22H2,1-2H3/t29-,31+/m1/s1. The van der Waals surface area contributed by atoms with Crippen LogP contribution in [0.2, 0.25) is 0 Å². The fraction of sp³-hybridized carbons (Fsp3) is 0.387. The number of aryl methyl sites for hydroxylation is 1. The molecule has 5 rings (SSSR count). The Labute approximate surface area is 209 Å². The molecule has 3 aromatic rings. The van der Waals surface area contributed by atoms with E-state index in [-0.39, 0.29) is 12.3 Å². The van der Waals surface area contributed by atoms with Crippen molar-refractivity contribution in [3.8, 4) is 11.5 Å². The predicted octanol–water partition coefficient (Wildman–Crippen LogP) is 7.98. The van der Waals surface area contributed by atoms with Gasteiger partial charge in [0.15, 0.2) is 0 Å². The van der Waals surface area contributed by atoms with Gasteiger partial charge in [-0.15, -0.1) is 0 Å². The van der Waals surface area contributed by atoms with Gasteiger partial charge in [-0.25, -0.2) is 5.01 Å². The smallest absolute Gasteiger partial charge is 0.213 e. The SMILES string of the molecule is CCCCCCCCOc1ccc([C@@H]2Oc3ccccc3[C@H]3CC(c4ccc(C)cc4)=NN32)cc1. The van der Waals surface area contributed by atoms with Crippen LogP contribution in [0, 0.1) is 6.92 Å². The second-order valence-electron chi connectivity index (χ2n) is 9.71. The summed E-state index contributed by atoms with van der Waals surface area (Å²) in [6.45, 7) is 5.14. The summed E-state index contributed by atoms with van der Waals surface area (Å²) in [6.07, 6.45) is 8.23. The second kappa shape index (κ2) is 11.0. The molecule has 0 aliphatic carbocycles. The highest BCUT2D eigenvalue weighted by Crippen LogP contribution is 2.47. The maximum absolute atomic E-state index is 6.50. The Morgan fingerprint density at radius 3 is 2.43 bits per heavy atom. The zero-order valence-corrected chi connectivity index (χ0v) is 21.0. The predicted molar refractivity (Wildman–Crippen MR) is 142 cm³/mol. The molecule has 2 heterocycles. The first-order valence-electron chi connectivity index (χ1n) is 13.1. The van der Waals surface area contributed by atoms with Crippen molar-refractivity contribution in [1.29, 1.82) is 0 Å². The van der Waals surface area contributed by atoms with E-state index in [1.165, 1.54) is 48.8 Å². The molecular formula is C31H36N2O2. The maximum atomic E-state index is 6.50. The van der Waals surface area contributed by atoms with E-state index in [2.05, 4.69) is 85.6 Å². The summed E-state index contributed by atoms with van der Waals surface area (Å²) >= 11 is 0. The lowest BCUT2D eigenvalue weighted by atomic mass is 9.95. The van der Waals surface area contributed by atoms with Gasteiger partial charge in [0, 0.05) is 17.5 Å². The lowest BCUT2D eigenvalue weighted by Gasteiger charge is -2.38. The molecule has 0 saturated heterocycles. The minimum atomic E-state index is -0.259. The van der Waals surface area contributed by atoms with Crippen molar-refractivity contribution in [2.45, 2.75) is 71.1 Å². The molecule has 0 amide bonds. The normalized spacial score (nSPS) is 18.5. The van der Waals surface area contributed by atoms with Gasteiger partial charge in [-0.05, 0) is 49.2 Å². The number of hydrogen-bond acceptors (Lipinski definition) is 4. The molecule has 2 atom stereocenters. The molecule has 0 aromatic heterocycles. The fourth-order valence-electron chi connectivity index (χ4n) is 4.98. The fourth-order valence-corrected chi connectivity index (χ4v) is 4.98. The van der Waals surface area contributed by atoms with Crippen LogP contribution in [0.4, 0.5) is 0 Å². The van der Waals surface area contributed by atoms with E-state index in [0.717, 1.165) is 42.2 Å². The molecular weight excluding hydrogens is 432 g/mol. The highest BCUT2D eigenvalue weighted by molar-refractivity contribution is 6.02. The van der Waals surface area contributed by atoms with Crippen molar-refractivity contribution >= 4 is 5.71 Å². The third-order valence-electron chi connectivity index (χ3n) is 7.02. The van der Waals surface area contributed by atoms with Gasteiger partial charge < -0.3 is 9.47 Å². The molecule has 0 radical (unpaired) electrons. The van der Waals surface area contributed by atoms with Gasteiger partial charge in [0.2, 0.25) is 6.23 Å². The number of nitrogens with zero attached hydrogens (tertiary/aromatic N) is 2. The summed E-state index contributed by atoms with van der Waals surface area (Å²) in [4.78, 5) is 0. The highest BCUT2D eigenvalue weighted by Gasteiger charge is 2.40. The Morgan fingerprint density at radius 1 is 0.886 bits per heavy atom. The third-order valence-corrected chi connectivity index (χ3v) is 7.02. The molecule has 0 N–H and O–H groups in total. The topological polar surface area (TPSA) is 34.1 Å². The summed E-state index contributed by atoms with van der Waals surface area (Å²) in [7, 11) is 0. The largest absolute Gasteiger partial charge is 0.494 e. The summed E-state index contributed by atoms with van der Waals surface area (Å²) in [5.74, 6) is 1.86. The Bertz CT molecular complexity index is 1140. The molecule has 182 valence electrons. The van der Waals surface area contributed by atoms with Crippen LogP contribution in [0.5, 0.6) is 11.5 Å². The summed E-state index contributed by atoms with van der Waals surface area (Å²) < 4.78 is 12.5. The van der Waals surface area contributed by atoms with Crippen LogP contribution in [-0.4, -0.2) is 17.3 Å². The number of hydrogen-bond donors (Lipinski definition) is 0. The van der Waals surface area contributed by atoms with Gasteiger partial charge in [0.1, 0.15) is 11.5 Å². The van der Waals surface area contributed by atoms with Gasteiger partial charge >= 0.3 is 0 Å². The highest BCUT2D eigenvalue weighted by atomic mass is 16.5. The molecule has 35 heavy (non-hydrogen) atoms. The van der Waals surface area contributed by atoms with E-state index in [1.54, 1.807) is 0 Å². The molecule has 4 nitrogen and oxygen atoms in total. The molecule has 2 aliphatic heterocycles. The molecule has 0 bridgehead atoms. The number of ether oxygens (including phenoxy) is 2. The van der Waals surface area contributed by atoms with Crippen molar-refractivity contribution < 1.29 is 9.47 Å². The average Bonchev–Trinajstić information content (AvgIpc) is 3.34. The van der Waals surface area contributed by atoms with Crippen molar-refractivity contribution in [1.82, 2.24) is 5.01 Å². The summed E-state index contributed by atoms with van der Waals surface area (Å²) in [6, 6.07) is 25.5. The zero-order chi connectivity index (χ0) is 24.0. The van der Waals surface area contributed by atoms with E-state index < -0.39 is 0 Å². The van der Waals surface area contributed by atoms with Crippen LogP contribution in [0.15, 0.2) is 77.9 Å². The molecule has 4 heteroatoms. The van der Waals surface area contributed by atoms with Crippen molar-refractivity contribution in [2.75, 3.05) is 6.61 Å². The maximum Gasteiger partial charge on any atom is 0.213 e. The number of unbranched alkanes of at least 4 members (excludes halogenated alkanes) is 5. The Balaban J connectivity index is 1.30. The third kappa shape index (κ3) is 5.37. The van der Waals surface area contributed by atoms with E-state index >= 15 is 0 Å². The molecule has 0 spiro atoms. The second-order valence-corrected chi connectivity index (χ2v) is 9.71. The molecule has 0 unspecified atom stereocenters. The minimum absolute atomic E-state index is 0.171. The number of hydrazone groups is 1. The monoisotopic (exact) mass is 468 g/mol. The van der Waals surface area contributed by atoms with E-state index in [1.807, 2.05) is 6.07 Å². The van der Waals surface area contributed by atoms with E-state index in [9.17, 15) is 0 Å². The van der Waals surface area contributed by atoms with Gasteiger partial charge in [-0.3, -0.25) is 0 Å². The lowest BCUT2D eigenvalue weighted by Crippen LogP contribution is -2.33. The number of benzene rings is 3. The van der Waals surface area contributed by atoms with Crippen LogP contribution in [0.1, 0.15) is 86.4 Å². The summed E-state index contributed by atoms with van der Waals surface area (Å²) in [5, 5.41) is 7.22. The molecule has 0 fully saturated rings. The summed E-state index contributed by atoms with van der Waals surface area (Å²) in [5.41, 5.74) is 5.84. The van der Waals surface area contributed by atoms with Crippen LogP contribution >= 0.6 is 0 Å². The van der Waals surface area contributed by atoms with Crippen LogP contribution < -0.4 is 9.47 Å². The van der Waals surface area contributed by atoms with Crippen LogP contribution in [-0.2, 0) is 0 Å². The average molecular weight is 469 g/mol. The molecule has 2 aliphatic rings. The lowest BCUT2D eigenvalue weighted by molar-refractivity contribution is -0.0190. The first-order valence-corrected chi connectivity index (χ1v) is 13.1.